The first-order valence-electron chi connectivity index (χ1n) is 7.22. The lowest BCUT2D eigenvalue weighted by molar-refractivity contribution is 0.565. The van der Waals surface area contributed by atoms with Crippen molar-refractivity contribution in [3.8, 4) is 0 Å². The molecule has 0 radical (unpaired) electrons. The maximum atomic E-state index is 12.3. The third-order valence-electron chi connectivity index (χ3n) is 3.53. The molecule has 2 aromatic carbocycles. The summed E-state index contributed by atoms with van der Waals surface area (Å²) in [4.78, 5) is 0.180. The lowest BCUT2D eigenvalue weighted by atomic mass is 10.1. The van der Waals surface area contributed by atoms with Crippen LogP contribution in [0.15, 0.2) is 47.4 Å². The van der Waals surface area contributed by atoms with E-state index in [9.17, 15) is 16.8 Å². The van der Waals surface area contributed by atoms with E-state index in [1.165, 1.54) is 18.2 Å². The second-order valence-corrected chi connectivity index (χ2v) is 10.3. The molecule has 0 aliphatic heterocycles. The van der Waals surface area contributed by atoms with E-state index >= 15 is 0 Å². The fraction of sp³-hybridized carbons (Fsp3) is 0.250. The van der Waals surface area contributed by atoms with E-state index in [0.717, 1.165) is 6.26 Å². The van der Waals surface area contributed by atoms with Gasteiger partial charge in [-0.2, -0.15) is 0 Å². The van der Waals surface area contributed by atoms with Crippen molar-refractivity contribution in [3.05, 3.63) is 63.6 Å². The molecule has 0 aliphatic rings. The van der Waals surface area contributed by atoms with Crippen LogP contribution in [0.5, 0.6) is 0 Å². The summed E-state index contributed by atoms with van der Waals surface area (Å²) >= 11 is 11.8. The molecule has 0 aromatic heterocycles. The number of nitrogens with one attached hydrogen (secondary N) is 1. The molecule has 1 atom stereocenters. The second-order valence-electron chi connectivity index (χ2n) is 5.68. The summed E-state index contributed by atoms with van der Waals surface area (Å²) in [6, 6.07) is 10.2. The first-order valence-corrected chi connectivity index (χ1v) is 11.5. The average molecular weight is 422 g/mol. The lowest BCUT2D eigenvalue weighted by Gasteiger charge is -2.15. The molecule has 2 aromatic rings. The summed E-state index contributed by atoms with van der Waals surface area (Å²) in [7, 11) is -6.95. The van der Waals surface area contributed by atoms with E-state index in [4.69, 9.17) is 23.2 Å². The molecule has 0 saturated heterocycles. The van der Waals surface area contributed by atoms with E-state index < -0.39 is 25.9 Å². The summed E-state index contributed by atoms with van der Waals surface area (Å²) in [5, 5.41) is 0.710. The Morgan fingerprint density at radius 3 is 2.12 bits per heavy atom. The summed E-state index contributed by atoms with van der Waals surface area (Å²) in [6.07, 6.45) is 1.12. The van der Waals surface area contributed by atoms with Gasteiger partial charge in [0, 0.05) is 22.3 Å². The van der Waals surface area contributed by atoms with E-state index in [1.54, 1.807) is 31.2 Å². The Bertz CT molecular complexity index is 972. The Hall–Kier alpha value is -1.12. The van der Waals surface area contributed by atoms with E-state index in [1.807, 2.05) is 0 Å². The van der Waals surface area contributed by atoms with Crippen LogP contribution in [-0.4, -0.2) is 23.1 Å². The largest absolute Gasteiger partial charge is 0.224 e. The molecular weight excluding hydrogens is 405 g/mol. The van der Waals surface area contributed by atoms with Crippen LogP contribution in [0, 0.1) is 0 Å². The van der Waals surface area contributed by atoms with Gasteiger partial charge in [-0.3, -0.25) is 0 Å². The van der Waals surface area contributed by atoms with Crippen molar-refractivity contribution in [1.29, 1.82) is 0 Å². The van der Waals surface area contributed by atoms with Crippen molar-refractivity contribution in [1.82, 2.24) is 4.72 Å². The summed E-state index contributed by atoms with van der Waals surface area (Å²) in [5.74, 6) is -0.283. The zero-order valence-electron chi connectivity index (χ0n) is 13.5. The SMILES string of the molecule is C[C@H](NS(=O)(=O)Cc1ccc(Cl)cc1Cl)c1ccc(S(C)(=O)=O)cc1. The molecule has 0 saturated carbocycles. The molecule has 5 nitrogen and oxygen atoms in total. The molecular formula is C16H17Cl2NO4S2. The van der Waals surface area contributed by atoms with Crippen LogP contribution in [0.2, 0.25) is 10.0 Å². The molecule has 0 unspecified atom stereocenters. The number of hydrogen-bond acceptors (Lipinski definition) is 4. The van der Waals surface area contributed by atoms with Gasteiger partial charge in [-0.25, -0.2) is 21.6 Å². The summed E-state index contributed by atoms with van der Waals surface area (Å²) in [5.41, 5.74) is 1.09. The van der Waals surface area contributed by atoms with E-state index in [-0.39, 0.29) is 15.7 Å². The first kappa shape index (κ1) is 20.2. The summed E-state index contributed by atoms with van der Waals surface area (Å²) < 4.78 is 50.2. The molecule has 0 heterocycles. The Labute approximate surface area is 157 Å². The molecule has 0 spiro atoms. The highest BCUT2D eigenvalue weighted by Gasteiger charge is 2.18. The van der Waals surface area contributed by atoms with Gasteiger partial charge < -0.3 is 0 Å². The van der Waals surface area contributed by atoms with Crippen molar-refractivity contribution >= 4 is 43.1 Å². The summed E-state index contributed by atoms with van der Waals surface area (Å²) in [6.45, 7) is 1.68. The van der Waals surface area contributed by atoms with Crippen LogP contribution >= 0.6 is 23.2 Å². The topological polar surface area (TPSA) is 80.3 Å². The van der Waals surface area contributed by atoms with Crippen LogP contribution in [0.4, 0.5) is 0 Å². The second kappa shape index (κ2) is 7.63. The molecule has 0 amide bonds. The molecule has 25 heavy (non-hydrogen) atoms. The van der Waals surface area contributed by atoms with E-state index in [2.05, 4.69) is 4.72 Å². The van der Waals surface area contributed by atoms with Gasteiger partial charge in [0.15, 0.2) is 9.84 Å². The minimum atomic E-state index is -3.65. The van der Waals surface area contributed by atoms with E-state index in [0.29, 0.717) is 16.1 Å². The van der Waals surface area contributed by atoms with Crippen LogP contribution in [0.3, 0.4) is 0 Å². The number of benzene rings is 2. The molecule has 1 N–H and O–H groups in total. The van der Waals surface area contributed by atoms with Gasteiger partial charge >= 0.3 is 0 Å². The van der Waals surface area contributed by atoms with Crippen LogP contribution in [-0.2, 0) is 25.6 Å². The maximum absolute atomic E-state index is 12.3. The van der Waals surface area contributed by atoms with Gasteiger partial charge in [-0.05, 0) is 42.3 Å². The molecule has 2 rings (SSSR count). The molecule has 136 valence electrons. The monoisotopic (exact) mass is 421 g/mol. The first-order chi connectivity index (χ1) is 11.5. The normalized spacial score (nSPS) is 13.6. The van der Waals surface area contributed by atoms with Gasteiger partial charge in [0.1, 0.15) is 0 Å². The predicted octanol–water partition coefficient (Wildman–Crippen LogP) is 3.58. The third-order valence-corrected chi connectivity index (χ3v) is 6.64. The zero-order chi connectivity index (χ0) is 18.8. The highest BCUT2D eigenvalue weighted by atomic mass is 35.5. The van der Waals surface area contributed by atoms with Gasteiger partial charge in [-0.1, -0.05) is 41.4 Å². The lowest BCUT2D eigenvalue weighted by Crippen LogP contribution is -2.28. The van der Waals surface area contributed by atoms with Crippen LogP contribution in [0.1, 0.15) is 24.1 Å². The van der Waals surface area contributed by atoms with Crippen molar-refractivity contribution in [2.75, 3.05) is 6.26 Å². The fourth-order valence-electron chi connectivity index (χ4n) is 2.23. The van der Waals surface area contributed by atoms with Crippen molar-refractivity contribution < 1.29 is 16.8 Å². The average Bonchev–Trinajstić information content (AvgIpc) is 2.49. The predicted molar refractivity (Wildman–Crippen MR) is 100 cm³/mol. The molecule has 0 aliphatic carbocycles. The van der Waals surface area contributed by atoms with Crippen LogP contribution in [0.25, 0.3) is 0 Å². The number of hydrogen-bond donors (Lipinski definition) is 1. The smallest absolute Gasteiger partial charge is 0.216 e. The number of sulfone groups is 1. The molecule has 0 fully saturated rings. The van der Waals surface area contributed by atoms with Crippen LogP contribution < -0.4 is 4.72 Å². The maximum Gasteiger partial charge on any atom is 0.216 e. The van der Waals surface area contributed by atoms with Gasteiger partial charge in [0.05, 0.1) is 10.6 Å². The highest BCUT2D eigenvalue weighted by molar-refractivity contribution is 7.90. The quantitative estimate of drug-likeness (QED) is 0.772. The Morgan fingerprint density at radius 2 is 1.60 bits per heavy atom. The highest BCUT2D eigenvalue weighted by Crippen LogP contribution is 2.23. The van der Waals surface area contributed by atoms with Gasteiger partial charge in [-0.15, -0.1) is 0 Å². The fourth-order valence-corrected chi connectivity index (χ4v) is 4.83. The number of halogens is 2. The standard InChI is InChI=1S/C16H17Cl2NO4S2/c1-11(12-4-7-15(8-5-12)24(2,20)21)19-25(22,23)10-13-3-6-14(17)9-16(13)18/h3-9,11,19H,10H2,1-2H3/t11-/m0/s1. The number of sulfonamides is 1. The zero-order valence-corrected chi connectivity index (χ0v) is 16.7. The van der Waals surface area contributed by atoms with Gasteiger partial charge in [0.25, 0.3) is 0 Å². The van der Waals surface area contributed by atoms with Crippen molar-refractivity contribution in [3.63, 3.8) is 0 Å². The minimum absolute atomic E-state index is 0.180. The number of rotatable bonds is 6. The molecule has 0 bridgehead atoms. The third kappa shape index (κ3) is 5.69. The minimum Gasteiger partial charge on any atom is -0.224 e. The molecule has 9 heteroatoms. The Balaban J connectivity index is 2.14. The van der Waals surface area contributed by atoms with Crippen molar-refractivity contribution in [2.45, 2.75) is 23.6 Å². The van der Waals surface area contributed by atoms with Gasteiger partial charge in [0.2, 0.25) is 10.0 Å². The van der Waals surface area contributed by atoms with Crippen molar-refractivity contribution in [2.24, 2.45) is 0 Å². The Kier molecular flexibility index (Phi) is 6.17. The Morgan fingerprint density at radius 1 is 1.00 bits per heavy atom.